The van der Waals surface area contributed by atoms with E-state index in [9.17, 15) is 4.79 Å². The van der Waals surface area contributed by atoms with E-state index in [1.54, 1.807) is 0 Å². The molecule has 1 aromatic heterocycles. The third-order valence-corrected chi connectivity index (χ3v) is 5.83. The van der Waals surface area contributed by atoms with Crippen LogP contribution in [0, 0.1) is 6.92 Å². The van der Waals surface area contributed by atoms with Gasteiger partial charge in [-0.15, -0.1) is 10.2 Å². The number of benzene rings is 1. The number of nitrogens with zero attached hydrogens (tertiary/aromatic N) is 5. The smallest absolute Gasteiger partial charge is 0.247 e. The molecule has 1 atom stereocenters. The molecule has 8 nitrogen and oxygen atoms in total. The minimum absolute atomic E-state index is 0.142. The van der Waals surface area contributed by atoms with Crippen LogP contribution in [0.15, 0.2) is 18.2 Å². The summed E-state index contributed by atoms with van der Waals surface area (Å²) in [6, 6.07) is 5.64. The number of aromatic nitrogens is 3. The Balaban J connectivity index is 1.44. The Hall–Kier alpha value is -2.61. The second kappa shape index (κ2) is 7.09. The number of fused-ring (bicyclic) bond motifs is 2. The molecule has 4 heterocycles. The third kappa shape index (κ3) is 3.01. The molecule has 1 saturated heterocycles. The Labute approximate surface area is 164 Å². The minimum Gasteiger partial charge on any atom is -0.486 e. The number of aryl methyl sites for hydroxylation is 1. The summed E-state index contributed by atoms with van der Waals surface area (Å²) in [5.74, 6) is 3.34. The molecule has 1 fully saturated rings. The maximum absolute atomic E-state index is 13.4. The summed E-state index contributed by atoms with van der Waals surface area (Å²) in [4.78, 5) is 17.6. The fraction of sp³-hybridized carbons (Fsp3) is 0.550. The first kappa shape index (κ1) is 17.5. The van der Waals surface area contributed by atoms with Crippen LogP contribution < -0.4 is 9.47 Å². The van der Waals surface area contributed by atoms with Gasteiger partial charge in [-0.3, -0.25) is 9.69 Å². The Morgan fingerprint density at radius 3 is 2.68 bits per heavy atom. The first-order valence-corrected chi connectivity index (χ1v) is 10.0. The first-order chi connectivity index (χ1) is 13.7. The summed E-state index contributed by atoms with van der Waals surface area (Å²) in [7, 11) is 0. The van der Waals surface area contributed by atoms with Crippen LogP contribution in [0.25, 0.3) is 0 Å². The standard InChI is InChI=1S/C20H25N5O3/c1-14-21-22-19-18(20(26)23-6-2-3-7-23)24(8-9-25(14)19)13-15-4-5-16-17(12-15)28-11-10-27-16/h4-5,12,18H,2-3,6-11,13H2,1H3. The van der Waals surface area contributed by atoms with Crippen LogP contribution >= 0.6 is 0 Å². The molecule has 0 radical (unpaired) electrons. The van der Waals surface area contributed by atoms with Gasteiger partial charge in [-0.1, -0.05) is 6.07 Å². The second-order valence-corrected chi connectivity index (χ2v) is 7.64. The van der Waals surface area contributed by atoms with Crippen molar-refractivity contribution in [1.82, 2.24) is 24.6 Å². The van der Waals surface area contributed by atoms with Gasteiger partial charge in [-0.2, -0.15) is 0 Å². The number of likely N-dealkylation sites (tertiary alicyclic amines) is 1. The zero-order valence-corrected chi connectivity index (χ0v) is 16.1. The van der Waals surface area contributed by atoms with E-state index in [0.717, 1.165) is 67.7 Å². The van der Waals surface area contributed by atoms with E-state index in [2.05, 4.69) is 25.7 Å². The van der Waals surface area contributed by atoms with Crippen molar-refractivity contribution in [2.24, 2.45) is 0 Å². The fourth-order valence-electron chi connectivity index (χ4n) is 4.36. The van der Waals surface area contributed by atoms with E-state index in [0.29, 0.717) is 19.8 Å². The van der Waals surface area contributed by atoms with Gasteiger partial charge in [0.05, 0.1) is 0 Å². The average Bonchev–Trinajstić information content (AvgIpc) is 3.38. The SMILES string of the molecule is Cc1nnc2n1CCN(Cc1ccc3c(c1)OCCO3)C2C(=O)N1CCCC1. The van der Waals surface area contributed by atoms with E-state index >= 15 is 0 Å². The van der Waals surface area contributed by atoms with Crippen molar-refractivity contribution < 1.29 is 14.3 Å². The molecule has 5 rings (SSSR count). The molecule has 148 valence electrons. The monoisotopic (exact) mass is 383 g/mol. The van der Waals surface area contributed by atoms with Gasteiger partial charge in [0.1, 0.15) is 19.0 Å². The maximum atomic E-state index is 13.4. The van der Waals surface area contributed by atoms with E-state index < -0.39 is 0 Å². The Morgan fingerprint density at radius 2 is 1.86 bits per heavy atom. The fourth-order valence-corrected chi connectivity index (χ4v) is 4.36. The molecule has 0 bridgehead atoms. The molecule has 8 heteroatoms. The zero-order valence-electron chi connectivity index (χ0n) is 16.1. The van der Waals surface area contributed by atoms with Crippen LogP contribution in [-0.4, -0.2) is 63.3 Å². The summed E-state index contributed by atoms with van der Waals surface area (Å²) >= 11 is 0. The molecule has 1 amide bonds. The number of ether oxygens (including phenoxy) is 2. The molecular weight excluding hydrogens is 358 g/mol. The molecule has 0 saturated carbocycles. The molecule has 0 N–H and O–H groups in total. The predicted molar refractivity (Wildman–Crippen MR) is 101 cm³/mol. The summed E-state index contributed by atoms with van der Waals surface area (Å²) in [6.45, 7) is 7.00. The van der Waals surface area contributed by atoms with E-state index in [1.165, 1.54) is 0 Å². The highest BCUT2D eigenvalue weighted by atomic mass is 16.6. The van der Waals surface area contributed by atoms with Gasteiger partial charge in [0.25, 0.3) is 0 Å². The largest absolute Gasteiger partial charge is 0.486 e. The van der Waals surface area contributed by atoms with Gasteiger partial charge in [-0.25, -0.2) is 0 Å². The van der Waals surface area contributed by atoms with E-state index in [-0.39, 0.29) is 11.9 Å². The van der Waals surface area contributed by atoms with Crippen LogP contribution in [0.1, 0.15) is 36.1 Å². The van der Waals surface area contributed by atoms with Gasteiger partial charge in [0.15, 0.2) is 23.4 Å². The van der Waals surface area contributed by atoms with Crippen molar-refractivity contribution in [2.45, 2.75) is 38.9 Å². The van der Waals surface area contributed by atoms with Crippen molar-refractivity contribution in [3.8, 4) is 11.5 Å². The van der Waals surface area contributed by atoms with E-state index in [4.69, 9.17) is 9.47 Å². The van der Waals surface area contributed by atoms with Crippen LogP contribution in [-0.2, 0) is 17.9 Å². The van der Waals surface area contributed by atoms with Gasteiger partial charge in [-0.05, 0) is 37.5 Å². The molecule has 1 aromatic carbocycles. The highest BCUT2D eigenvalue weighted by molar-refractivity contribution is 5.83. The lowest BCUT2D eigenvalue weighted by Crippen LogP contribution is -2.47. The second-order valence-electron chi connectivity index (χ2n) is 7.64. The van der Waals surface area contributed by atoms with Crippen LogP contribution in [0.2, 0.25) is 0 Å². The normalized spacial score (nSPS) is 21.6. The molecule has 3 aliphatic rings. The Kier molecular flexibility index (Phi) is 4.43. The molecule has 3 aliphatic heterocycles. The first-order valence-electron chi connectivity index (χ1n) is 10.0. The molecule has 0 spiro atoms. The van der Waals surface area contributed by atoms with Crippen molar-refractivity contribution in [2.75, 3.05) is 32.8 Å². The molecule has 1 unspecified atom stereocenters. The topological polar surface area (TPSA) is 72.7 Å². The number of amides is 1. The van der Waals surface area contributed by atoms with Crippen LogP contribution in [0.3, 0.4) is 0 Å². The number of hydrogen-bond acceptors (Lipinski definition) is 6. The lowest BCUT2D eigenvalue weighted by molar-refractivity contribution is -0.137. The molecular formula is C20H25N5O3. The van der Waals surface area contributed by atoms with Gasteiger partial charge in [0.2, 0.25) is 5.91 Å². The zero-order chi connectivity index (χ0) is 19.1. The summed E-state index contributed by atoms with van der Waals surface area (Å²) in [6.07, 6.45) is 2.15. The summed E-state index contributed by atoms with van der Waals surface area (Å²) in [5, 5.41) is 8.61. The molecule has 28 heavy (non-hydrogen) atoms. The van der Waals surface area contributed by atoms with Gasteiger partial charge in [0, 0.05) is 32.7 Å². The summed E-state index contributed by atoms with van der Waals surface area (Å²) in [5.41, 5.74) is 1.10. The van der Waals surface area contributed by atoms with Crippen molar-refractivity contribution in [1.29, 1.82) is 0 Å². The quantitative estimate of drug-likeness (QED) is 0.801. The lowest BCUT2D eigenvalue weighted by atomic mass is 10.1. The predicted octanol–water partition coefficient (Wildman–Crippen LogP) is 1.54. The minimum atomic E-state index is -0.388. The Bertz CT molecular complexity index is 890. The molecule has 2 aromatic rings. The van der Waals surface area contributed by atoms with E-state index in [1.807, 2.05) is 24.0 Å². The number of carbonyl (C=O) groups is 1. The van der Waals surface area contributed by atoms with Crippen molar-refractivity contribution in [3.63, 3.8) is 0 Å². The van der Waals surface area contributed by atoms with Crippen molar-refractivity contribution in [3.05, 3.63) is 35.4 Å². The highest BCUT2D eigenvalue weighted by Crippen LogP contribution is 2.34. The van der Waals surface area contributed by atoms with Crippen LogP contribution in [0.4, 0.5) is 0 Å². The Morgan fingerprint density at radius 1 is 1.07 bits per heavy atom. The average molecular weight is 383 g/mol. The lowest BCUT2D eigenvalue weighted by Gasteiger charge is -2.36. The van der Waals surface area contributed by atoms with Crippen molar-refractivity contribution >= 4 is 5.91 Å². The summed E-state index contributed by atoms with van der Waals surface area (Å²) < 4.78 is 13.4. The van der Waals surface area contributed by atoms with Gasteiger partial charge >= 0.3 is 0 Å². The number of carbonyl (C=O) groups excluding carboxylic acids is 1. The van der Waals surface area contributed by atoms with Crippen LogP contribution in [0.5, 0.6) is 11.5 Å². The highest BCUT2D eigenvalue weighted by Gasteiger charge is 2.39. The third-order valence-electron chi connectivity index (χ3n) is 5.83. The number of rotatable bonds is 3. The maximum Gasteiger partial charge on any atom is 0.247 e. The van der Waals surface area contributed by atoms with Gasteiger partial charge < -0.3 is 18.9 Å². The number of hydrogen-bond donors (Lipinski definition) is 0. The molecule has 0 aliphatic carbocycles.